The van der Waals surface area contributed by atoms with E-state index in [1.54, 1.807) is 24.3 Å². The number of amides is 2. The Kier molecular flexibility index (Phi) is 5.56. The first kappa shape index (κ1) is 18.7. The van der Waals surface area contributed by atoms with Gasteiger partial charge in [-0.05, 0) is 60.4 Å². The molecule has 0 atom stereocenters. The molecule has 146 valence electrons. The van der Waals surface area contributed by atoms with Crippen LogP contribution in [0.4, 0.5) is 11.4 Å². The van der Waals surface area contributed by atoms with E-state index in [-0.39, 0.29) is 24.3 Å². The summed E-state index contributed by atoms with van der Waals surface area (Å²) < 4.78 is 5.53. The van der Waals surface area contributed by atoms with Crippen molar-refractivity contribution in [3.63, 3.8) is 0 Å². The third-order valence-corrected chi connectivity index (χ3v) is 4.72. The van der Waals surface area contributed by atoms with Crippen LogP contribution in [0.2, 0.25) is 0 Å². The molecule has 4 rings (SSSR count). The van der Waals surface area contributed by atoms with Gasteiger partial charge >= 0.3 is 0 Å². The summed E-state index contributed by atoms with van der Waals surface area (Å²) in [5.41, 5.74) is 3.67. The molecule has 0 radical (unpaired) electrons. The van der Waals surface area contributed by atoms with Crippen LogP contribution < -0.4 is 15.4 Å². The van der Waals surface area contributed by atoms with E-state index in [0.717, 1.165) is 35.3 Å². The van der Waals surface area contributed by atoms with Gasteiger partial charge < -0.3 is 15.4 Å². The lowest BCUT2D eigenvalue weighted by Crippen LogP contribution is -2.20. The van der Waals surface area contributed by atoms with Gasteiger partial charge in [-0.3, -0.25) is 9.59 Å². The van der Waals surface area contributed by atoms with Crippen molar-refractivity contribution < 1.29 is 14.3 Å². The van der Waals surface area contributed by atoms with Gasteiger partial charge in [0.2, 0.25) is 5.91 Å². The van der Waals surface area contributed by atoms with Gasteiger partial charge in [0.1, 0.15) is 5.75 Å². The molecular formula is C24H22N2O3. The highest BCUT2D eigenvalue weighted by atomic mass is 16.5. The predicted molar refractivity (Wildman–Crippen MR) is 114 cm³/mol. The predicted octanol–water partition coefficient (Wildman–Crippen LogP) is 4.72. The van der Waals surface area contributed by atoms with Crippen LogP contribution in [0.25, 0.3) is 11.1 Å². The molecule has 1 fully saturated rings. The summed E-state index contributed by atoms with van der Waals surface area (Å²) in [6.07, 6.45) is 1.94. The summed E-state index contributed by atoms with van der Waals surface area (Å²) in [6, 6.07) is 24.8. The maximum atomic E-state index is 12.1. The topological polar surface area (TPSA) is 67.4 Å². The van der Waals surface area contributed by atoms with Crippen molar-refractivity contribution in [1.29, 1.82) is 0 Å². The van der Waals surface area contributed by atoms with Gasteiger partial charge in [0.15, 0.2) is 6.61 Å². The second-order valence-corrected chi connectivity index (χ2v) is 7.07. The van der Waals surface area contributed by atoms with Crippen molar-refractivity contribution in [1.82, 2.24) is 0 Å². The van der Waals surface area contributed by atoms with E-state index in [0.29, 0.717) is 5.75 Å². The molecule has 2 N–H and O–H groups in total. The third kappa shape index (κ3) is 5.23. The molecule has 5 heteroatoms. The molecule has 1 aliphatic rings. The Hall–Kier alpha value is -3.60. The number of anilines is 2. The molecular weight excluding hydrogens is 364 g/mol. The standard InChI is InChI=1S/C24H22N2O3/c27-23(25-20-10-8-18(9-11-20)17-4-2-1-3-5-17)16-29-22-14-12-21(13-15-22)26-24(28)19-6-7-19/h1-5,8-15,19H,6-7,16H2,(H,25,27)(H,26,28). The minimum Gasteiger partial charge on any atom is -0.484 e. The third-order valence-electron chi connectivity index (χ3n) is 4.72. The van der Waals surface area contributed by atoms with E-state index in [1.807, 2.05) is 54.6 Å². The number of ether oxygens (including phenoxy) is 1. The van der Waals surface area contributed by atoms with Crippen molar-refractivity contribution >= 4 is 23.2 Å². The lowest BCUT2D eigenvalue weighted by atomic mass is 10.1. The largest absolute Gasteiger partial charge is 0.484 e. The first-order valence-electron chi connectivity index (χ1n) is 9.66. The van der Waals surface area contributed by atoms with Gasteiger partial charge in [-0.1, -0.05) is 42.5 Å². The van der Waals surface area contributed by atoms with Crippen LogP contribution in [0.1, 0.15) is 12.8 Å². The molecule has 0 spiro atoms. The van der Waals surface area contributed by atoms with E-state index >= 15 is 0 Å². The summed E-state index contributed by atoms with van der Waals surface area (Å²) in [5.74, 6) is 0.570. The average molecular weight is 386 g/mol. The summed E-state index contributed by atoms with van der Waals surface area (Å²) in [7, 11) is 0. The van der Waals surface area contributed by atoms with Crippen molar-refractivity contribution in [2.75, 3.05) is 17.2 Å². The van der Waals surface area contributed by atoms with E-state index in [1.165, 1.54) is 0 Å². The molecule has 3 aromatic carbocycles. The second-order valence-electron chi connectivity index (χ2n) is 7.07. The molecule has 3 aromatic rings. The van der Waals surface area contributed by atoms with Gasteiger partial charge in [-0.15, -0.1) is 0 Å². The maximum absolute atomic E-state index is 12.1. The first-order chi connectivity index (χ1) is 14.2. The number of rotatable bonds is 7. The van der Waals surface area contributed by atoms with Gasteiger partial charge in [0.05, 0.1) is 0 Å². The lowest BCUT2D eigenvalue weighted by Gasteiger charge is -2.09. The number of carbonyl (C=O) groups excluding carboxylic acids is 2. The number of nitrogens with one attached hydrogen (secondary N) is 2. The van der Waals surface area contributed by atoms with E-state index < -0.39 is 0 Å². The van der Waals surface area contributed by atoms with E-state index in [2.05, 4.69) is 10.6 Å². The molecule has 0 heterocycles. The Morgan fingerprint density at radius 1 is 0.759 bits per heavy atom. The van der Waals surface area contributed by atoms with Crippen LogP contribution in [-0.4, -0.2) is 18.4 Å². The van der Waals surface area contributed by atoms with Gasteiger partial charge in [0.25, 0.3) is 5.91 Å². The molecule has 5 nitrogen and oxygen atoms in total. The zero-order valence-electron chi connectivity index (χ0n) is 15.9. The maximum Gasteiger partial charge on any atom is 0.262 e. The van der Waals surface area contributed by atoms with Crippen molar-refractivity contribution in [2.45, 2.75) is 12.8 Å². The Labute approximate surface area is 169 Å². The van der Waals surface area contributed by atoms with Gasteiger partial charge in [-0.25, -0.2) is 0 Å². The summed E-state index contributed by atoms with van der Waals surface area (Å²) in [6.45, 7) is -0.0891. The van der Waals surface area contributed by atoms with E-state index in [9.17, 15) is 9.59 Å². The van der Waals surface area contributed by atoms with Crippen LogP contribution in [0.3, 0.4) is 0 Å². The highest BCUT2D eigenvalue weighted by Gasteiger charge is 2.29. The van der Waals surface area contributed by atoms with Crippen molar-refractivity contribution in [3.8, 4) is 16.9 Å². The lowest BCUT2D eigenvalue weighted by molar-refractivity contribution is -0.118. The summed E-state index contributed by atoms with van der Waals surface area (Å²) >= 11 is 0. The number of carbonyl (C=O) groups is 2. The summed E-state index contributed by atoms with van der Waals surface area (Å²) in [4.78, 5) is 23.9. The van der Waals surface area contributed by atoms with Crippen LogP contribution in [0.5, 0.6) is 5.75 Å². The molecule has 0 aliphatic heterocycles. The van der Waals surface area contributed by atoms with E-state index in [4.69, 9.17) is 4.74 Å². The SMILES string of the molecule is O=C(COc1ccc(NC(=O)C2CC2)cc1)Nc1ccc(-c2ccccc2)cc1. The normalized spacial score (nSPS) is 12.8. The number of hydrogen-bond acceptors (Lipinski definition) is 3. The molecule has 2 amide bonds. The zero-order valence-corrected chi connectivity index (χ0v) is 15.9. The fraction of sp³-hybridized carbons (Fsp3) is 0.167. The minimum atomic E-state index is -0.233. The summed E-state index contributed by atoms with van der Waals surface area (Å²) in [5, 5.41) is 5.70. The molecule has 1 saturated carbocycles. The average Bonchev–Trinajstić information content (AvgIpc) is 3.60. The highest BCUT2D eigenvalue weighted by molar-refractivity contribution is 5.94. The number of hydrogen-bond donors (Lipinski definition) is 2. The Bertz CT molecular complexity index is 979. The zero-order chi connectivity index (χ0) is 20.1. The van der Waals surface area contributed by atoms with Crippen molar-refractivity contribution in [2.24, 2.45) is 5.92 Å². The highest BCUT2D eigenvalue weighted by Crippen LogP contribution is 2.30. The van der Waals surface area contributed by atoms with Crippen LogP contribution >= 0.6 is 0 Å². The minimum absolute atomic E-state index is 0.0660. The first-order valence-corrected chi connectivity index (χ1v) is 9.66. The monoisotopic (exact) mass is 386 g/mol. The van der Waals surface area contributed by atoms with Crippen molar-refractivity contribution in [3.05, 3.63) is 78.9 Å². The van der Waals surface area contributed by atoms with Crippen LogP contribution in [0, 0.1) is 5.92 Å². The molecule has 29 heavy (non-hydrogen) atoms. The Morgan fingerprint density at radius 3 is 2.00 bits per heavy atom. The number of benzene rings is 3. The van der Waals surface area contributed by atoms with Crippen LogP contribution in [0.15, 0.2) is 78.9 Å². The molecule has 0 bridgehead atoms. The van der Waals surface area contributed by atoms with Gasteiger partial charge in [0, 0.05) is 17.3 Å². The molecule has 0 saturated heterocycles. The smallest absolute Gasteiger partial charge is 0.262 e. The Morgan fingerprint density at radius 2 is 1.34 bits per heavy atom. The molecule has 1 aliphatic carbocycles. The molecule has 0 unspecified atom stereocenters. The second kappa shape index (κ2) is 8.61. The molecule has 0 aromatic heterocycles. The van der Waals surface area contributed by atoms with Gasteiger partial charge in [-0.2, -0.15) is 0 Å². The fourth-order valence-corrected chi connectivity index (χ4v) is 2.95. The fourth-order valence-electron chi connectivity index (χ4n) is 2.95. The van der Waals surface area contributed by atoms with Crippen LogP contribution in [-0.2, 0) is 9.59 Å². The quantitative estimate of drug-likeness (QED) is 0.617. The Balaban J connectivity index is 1.26.